The SMILES string of the molecule is Cc1nn(C)c(C)c1CC(=O)N(C)C(C)C1CC1. The lowest BCUT2D eigenvalue weighted by Crippen LogP contribution is -2.37. The molecule has 0 aromatic carbocycles. The van der Waals surface area contributed by atoms with Gasteiger partial charge in [-0.1, -0.05) is 0 Å². The van der Waals surface area contributed by atoms with Crippen molar-refractivity contribution in [3.05, 3.63) is 17.0 Å². The van der Waals surface area contributed by atoms with E-state index in [1.54, 1.807) is 0 Å². The largest absolute Gasteiger partial charge is 0.342 e. The van der Waals surface area contributed by atoms with Gasteiger partial charge in [-0.05, 0) is 39.5 Å². The van der Waals surface area contributed by atoms with Gasteiger partial charge in [-0.25, -0.2) is 0 Å². The van der Waals surface area contributed by atoms with Crippen molar-refractivity contribution in [2.24, 2.45) is 13.0 Å². The first-order valence-electron chi connectivity index (χ1n) is 6.66. The van der Waals surface area contributed by atoms with Gasteiger partial charge in [0.25, 0.3) is 0 Å². The predicted molar refractivity (Wildman–Crippen MR) is 71.3 cm³/mol. The highest BCUT2D eigenvalue weighted by Crippen LogP contribution is 2.34. The Labute approximate surface area is 109 Å². The second-order valence-electron chi connectivity index (χ2n) is 5.53. The molecule has 4 nitrogen and oxygen atoms in total. The van der Waals surface area contributed by atoms with Gasteiger partial charge in [0.2, 0.25) is 5.91 Å². The summed E-state index contributed by atoms with van der Waals surface area (Å²) in [4.78, 5) is 14.2. The van der Waals surface area contributed by atoms with Crippen molar-refractivity contribution in [3.8, 4) is 0 Å². The topological polar surface area (TPSA) is 38.1 Å². The van der Waals surface area contributed by atoms with Crippen molar-refractivity contribution in [1.29, 1.82) is 0 Å². The molecule has 100 valence electrons. The van der Waals surface area contributed by atoms with E-state index in [9.17, 15) is 4.79 Å². The van der Waals surface area contributed by atoms with Crippen LogP contribution in [0.5, 0.6) is 0 Å². The van der Waals surface area contributed by atoms with Gasteiger partial charge in [0, 0.05) is 31.4 Å². The molecule has 0 bridgehead atoms. The maximum Gasteiger partial charge on any atom is 0.227 e. The number of nitrogens with zero attached hydrogens (tertiary/aromatic N) is 3. The van der Waals surface area contributed by atoms with Gasteiger partial charge in [0.1, 0.15) is 0 Å². The number of carbonyl (C=O) groups excluding carboxylic acids is 1. The number of rotatable bonds is 4. The summed E-state index contributed by atoms with van der Waals surface area (Å²) < 4.78 is 1.85. The molecule has 1 amide bonds. The summed E-state index contributed by atoms with van der Waals surface area (Å²) in [5.74, 6) is 0.920. The Bertz CT molecular complexity index is 460. The molecule has 0 radical (unpaired) electrons. The minimum Gasteiger partial charge on any atom is -0.342 e. The van der Waals surface area contributed by atoms with Crippen molar-refractivity contribution in [2.75, 3.05) is 7.05 Å². The van der Waals surface area contributed by atoms with Gasteiger partial charge in [-0.2, -0.15) is 5.10 Å². The van der Waals surface area contributed by atoms with Crippen LogP contribution in [0.1, 0.15) is 36.7 Å². The molecule has 1 fully saturated rings. The van der Waals surface area contributed by atoms with Crippen LogP contribution in [0, 0.1) is 19.8 Å². The molecule has 4 heteroatoms. The molecule has 0 saturated heterocycles. The first kappa shape index (κ1) is 13.1. The maximum absolute atomic E-state index is 12.3. The molecule has 0 aliphatic heterocycles. The summed E-state index contributed by atoms with van der Waals surface area (Å²) in [6.45, 7) is 6.14. The molecule has 1 aromatic rings. The van der Waals surface area contributed by atoms with E-state index in [1.165, 1.54) is 12.8 Å². The molecular weight excluding hydrogens is 226 g/mol. The quantitative estimate of drug-likeness (QED) is 0.816. The number of aryl methyl sites for hydroxylation is 2. The van der Waals surface area contributed by atoms with Crippen molar-refractivity contribution in [3.63, 3.8) is 0 Å². The third-order valence-corrected chi connectivity index (χ3v) is 4.30. The fourth-order valence-corrected chi connectivity index (χ4v) is 2.47. The van der Waals surface area contributed by atoms with E-state index in [2.05, 4.69) is 12.0 Å². The summed E-state index contributed by atoms with van der Waals surface area (Å²) >= 11 is 0. The minimum absolute atomic E-state index is 0.202. The number of hydrogen-bond acceptors (Lipinski definition) is 2. The molecule has 0 spiro atoms. The molecule has 2 rings (SSSR count). The lowest BCUT2D eigenvalue weighted by atomic mass is 10.1. The summed E-state index contributed by atoms with van der Waals surface area (Å²) in [5, 5.41) is 4.36. The van der Waals surface area contributed by atoms with Crippen LogP contribution in [0.2, 0.25) is 0 Å². The van der Waals surface area contributed by atoms with Crippen LogP contribution in [-0.4, -0.2) is 33.7 Å². The zero-order valence-electron chi connectivity index (χ0n) is 12.0. The fourth-order valence-electron chi connectivity index (χ4n) is 2.47. The zero-order valence-corrected chi connectivity index (χ0v) is 12.0. The Kier molecular flexibility index (Phi) is 3.46. The van der Waals surface area contributed by atoms with Crippen molar-refractivity contribution >= 4 is 5.91 Å². The van der Waals surface area contributed by atoms with Gasteiger partial charge in [-0.15, -0.1) is 0 Å². The Hall–Kier alpha value is -1.32. The van der Waals surface area contributed by atoms with Crippen molar-refractivity contribution in [1.82, 2.24) is 14.7 Å². The Morgan fingerprint density at radius 3 is 2.56 bits per heavy atom. The van der Waals surface area contributed by atoms with E-state index < -0.39 is 0 Å². The van der Waals surface area contributed by atoms with Crippen LogP contribution >= 0.6 is 0 Å². The highest BCUT2D eigenvalue weighted by Gasteiger charge is 2.32. The lowest BCUT2D eigenvalue weighted by molar-refractivity contribution is -0.131. The maximum atomic E-state index is 12.3. The Balaban J connectivity index is 2.06. The van der Waals surface area contributed by atoms with Crippen LogP contribution in [0.3, 0.4) is 0 Å². The highest BCUT2D eigenvalue weighted by atomic mass is 16.2. The molecule has 1 atom stereocenters. The molecule has 1 unspecified atom stereocenters. The lowest BCUT2D eigenvalue weighted by Gasteiger charge is -2.25. The molecule has 1 aliphatic carbocycles. The zero-order chi connectivity index (χ0) is 13.4. The van der Waals surface area contributed by atoms with E-state index in [1.807, 2.05) is 37.5 Å². The molecule has 0 N–H and O–H groups in total. The van der Waals surface area contributed by atoms with Crippen LogP contribution in [0.25, 0.3) is 0 Å². The monoisotopic (exact) mass is 249 g/mol. The summed E-state index contributed by atoms with van der Waals surface area (Å²) in [5.41, 5.74) is 3.14. The number of aromatic nitrogens is 2. The molecule has 18 heavy (non-hydrogen) atoms. The van der Waals surface area contributed by atoms with E-state index in [0.29, 0.717) is 12.5 Å². The summed E-state index contributed by atoms with van der Waals surface area (Å²) in [7, 11) is 3.85. The van der Waals surface area contributed by atoms with E-state index >= 15 is 0 Å². The number of amides is 1. The second-order valence-corrected chi connectivity index (χ2v) is 5.53. The number of carbonyl (C=O) groups is 1. The molecule has 1 aromatic heterocycles. The summed E-state index contributed by atoms with van der Waals surface area (Å²) in [6, 6.07) is 0.370. The van der Waals surface area contributed by atoms with Gasteiger partial charge >= 0.3 is 0 Å². The van der Waals surface area contributed by atoms with Gasteiger partial charge < -0.3 is 4.90 Å². The van der Waals surface area contributed by atoms with E-state index in [0.717, 1.165) is 22.9 Å². The normalized spacial score (nSPS) is 16.7. The first-order valence-corrected chi connectivity index (χ1v) is 6.66. The minimum atomic E-state index is 0.202. The highest BCUT2D eigenvalue weighted by molar-refractivity contribution is 5.79. The third kappa shape index (κ3) is 2.42. The third-order valence-electron chi connectivity index (χ3n) is 4.30. The number of likely N-dealkylation sites (N-methyl/N-ethyl adjacent to an activating group) is 1. The predicted octanol–water partition coefficient (Wildman–Crippen LogP) is 1.84. The van der Waals surface area contributed by atoms with Crippen molar-refractivity contribution < 1.29 is 4.79 Å². The fraction of sp³-hybridized carbons (Fsp3) is 0.714. The van der Waals surface area contributed by atoms with Crippen LogP contribution in [0.4, 0.5) is 0 Å². The Morgan fingerprint density at radius 1 is 1.50 bits per heavy atom. The Morgan fingerprint density at radius 2 is 2.11 bits per heavy atom. The van der Waals surface area contributed by atoms with E-state index in [-0.39, 0.29) is 5.91 Å². The average molecular weight is 249 g/mol. The van der Waals surface area contributed by atoms with Gasteiger partial charge in [-0.3, -0.25) is 9.48 Å². The van der Waals surface area contributed by atoms with Gasteiger partial charge in [0.05, 0.1) is 12.1 Å². The second kappa shape index (κ2) is 4.75. The summed E-state index contributed by atoms with van der Waals surface area (Å²) in [6.07, 6.45) is 3.01. The molecule has 1 heterocycles. The first-order chi connectivity index (χ1) is 8.41. The average Bonchev–Trinajstić information content (AvgIpc) is 3.13. The van der Waals surface area contributed by atoms with Crippen molar-refractivity contribution in [2.45, 2.75) is 46.1 Å². The molecule has 1 aliphatic rings. The van der Waals surface area contributed by atoms with Crippen LogP contribution in [0.15, 0.2) is 0 Å². The van der Waals surface area contributed by atoms with E-state index in [4.69, 9.17) is 0 Å². The smallest absolute Gasteiger partial charge is 0.227 e. The van der Waals surface area contributed by atoms with Crippen LogP contribution < -0.4 is 0 Å². The number of hydrogen-bond donors (Lipinski definition) is 0. The van der Waals surface area contributed by atoms with Gasteiger partial charge in [0.15, 0.2) is 0 Å². The van der Waals surface area contributed by atoms with Crippen LogP contribution in [-0.2, 0) is 18.3 Å². The standard InChI is InChI=1S/C14H23N3O/c1-9-13(11(3)17(5)15-9)8-14(18)16(4)10(2)12-6-7-12/h10,12H,6-8H2,1-5H3. The molecule has 1 saturated carbocycles. The molecular formula is C14H23N3O.